The van der Waals surface area contributed by atoms with Crippen molar-refractivity contribution in [1.82, 2.24) is 20.0 Å². The van der Waals surface area contributed by atoms with E-state index in [4.69, 9.17) is 14.6 Å². The quantitative estimate of drug-likeness (QED) is 0.762. The highest BCUT2D eigenvalue weighted by Crippen LogP contribution is 2.33. The van der Waals surface area contributed by atoms with Crippen molar-refractivity contribution in [2.75, 3.05) is 33.4 Å². The molecule has 150 valence electrons. The van der Waals surface area contributed by atoms with Gasteiger partial charge in [0.1, 0.15) is 0 Å². The third kappa shape index (κ3) is 3.38. The predicted molar refractivity (Wildman–Crippen MR) is 103 cm³/mol. The van der Waals surface area contributed by atoms with E-state index in [0.29, 0.717) is 23.7 Å². The Labute approximate surface area is 163 Å². The van der Waals surface area contributed by atoms with E-state index in [1.165, 1.54) is 5.56 Å². The fourth-order valence-corrected chi connectivity index (χ4v) is 4.73. The first-order chi connectivity index (χ1) is 13.6. The zero-order valence-electron chi connectivity index (χ0n) is 16.0. The molecular weight excluding hydrogens is 360 g/mol. The lowest BCUT2D eigenvalue weighted by atomic mass is 9.91. The van der Waals surface area contributed by atoms with Crippen molar-refractivity contribution in [3.05, 3.63) is 29.5 Å². The number of carbonyl (C=O) groups excluding carboxylic acids is 1. The highest BCUT2D eigenvalue weighted by molar-refractivity contribution is 6.05. The molecule has 4 heterocycles. The first-order valence-corrected chi connectivity index (χ1v) is 9.77. The number of amides is 1. The van der Waals surface area contributed by atoms with Gasteiger partial charge in [0.25, 0.3) is 12.4 Å². The molecule has 5 rings (SSSR count). The normalized spacial score (nSPS) is 25.0. The van der Waals surface area contributed by atoms with Crippen molar-refractivity contribution in [3.63, 3.8) is 0 Å². The number of fused-ring (bicyclic) bond motifs is 3. The Morgan fingerprint density at radius 3 is 2.68 bits per heavy atom. The van der Waals surface area contributed by atoms with Crippen molar-refractivity contribution in [3.8, 4) is 0 Å². The van der Waals surface area contributed by atoms with Gasteiger partial charge in [-0.05, 0) is 49.9 Å². The van der Waals surface area contributed by atoms with Gasteiger partial charge >= 0.3 is 0 Å². The van der Waals surface area contributed by atoms with Crippen LogP contribution in [0.2, 0.25) is 0 Å². The van der Waals surface area contributed by atoms with E-state index < -0.39 is 0 Å². The van der Waals surface area contributed by atoms with E-state index in [0.717, 1.165) is 56.5 Å². The molecule has 1 amide bonds. The lowest BCUT2D eigenvalue weighted by molar-refractivity contribution is -0.122. The molecule has 3 aliphatic rings. The number of likely N-dealkylation sites (tertiary alicyclic amines) is 2. The van der Waals surface area contributed by atoms with E-state index in [1.807, 2.05) is 4.90 Å². The fraction of sp³-hybridized carbons (Fsp3) is 0.550. The maximum absolute atomic E-state index is 13.1. The number of likely N-dealkylation sites (N-methyl/N-ethyl adjacent to an activating group) is 1. The van der Waals surface area contributed by atoms with Crippen LogP contribution >= 0.6 is 0 Å². The third-order valence-corrected chi connectivity index (χ3v) is 6.26. The summed E-state index contributed by atoms with van der Waals surface area (Å²) in [5.74, 6) is 0.600. The van der Waals surface area contributed by atoms with Crippen LogP contribution in [-0.4, -0.2) is 82.9 Å². The number of carbonyl (C=O) groups is 2. The third-order valence-electron chi connectivity index (χ3n) is 6.26. The van der Waals surface area contributed by atoms with Gasteiger partial charge in [-0.2, -0.15) is 5.10 Å². The number of nitrogens with one attached hydrogen (secondary N) is 1. The molecular formula is C20H26N4O4. The molecule has 2 N–H and O–H groups in total. The second-order valence-corrected chi connectivity index (χ2v) is 7.81. The second-order valence-electron chi connectivity index (χ2n) is 7.81. The number of piperazine rings is 1. The van der Waals surface area contributed by atoms with Crippen LogP contribution in [0.25, 0.3) is 10.9 Å². The van der Waals surface area contributed by atoms with Crippen molar-refractivity contribution < 1.29 is 19.4 Å². The Morgan fingerprint density at radius 1 is 1.29 bits per heavy atom. The molecule has 0 unspecified atom stereocenters. The summed E-state index contributed by atoms with van der Waals surface area (Å²) in [5, 5.41) is 15.3. The SMILES string of the molecule is CN1C[C@@H]2C[C@H]1CN2C(=O)c1n[nH]c2ccc(C3CCOCC3)cc12.O=CO. The molecule has 3 aliphatic heterocycles. The molecule has 28 heavy (non-hydrogen) atoms. The Kier molecular flexibility index (Phi) is 5.32. The van der Waals surface area contributed by atoms with Gasteiger partial charge in [-0.15, -0.1) is 0 Å². The van der Waals surface area contributed by atoms with Crippen LogP contribution in [0.3, 0.4) is 0 Å². The summed E-state index contributed by atoms with van der Waals surface area (Å²) in [4.78, 5) is 25.9. The van der Waals surface area contributed by atoms with E-state index in [9.17, 15) is 4.79 Å². The molecule has 0 saturated carbocycles. The number of carboxylic acid groups (broad SMARTS) is 1. The molecule has 1 aromatic heterocycles. The number of rotatable bonds is 2. The van der Waals surface area contributed by atoms with E-state index in [1.54, 1.807) is 0 Å². The van der Waals surface area contributed by atoms with Crippen LogP contribution in [0.4, 0.5) is 0 Å². The summed E-state index contributed by atoms with van der Waals surface area (Å²) in [5.41, 5.74) is 2.83. The zero-order valence-corrected chi connectivity index (χ0v) is 16.0. The lowest BCUT2D eigenvalue weighted by Gasteiger charge is -2.31. The van der Waals surface area contributed by atoms with Crippen LogP contribution in [0.15, 0.2) is 18.2 Å². The van der Waals surface area contributed by atoms with Gasteiger partial charge in [0.05, 0.1) is 5.52 Å². The number of aromatic amines is 1. The van der Waals surface area contributed by atoms with Crippen LogP contribution < -0.4 is 0 Å². The lowest BCUT2D eigenvalue weighted by Crippen LogP contribution is -2.47. The van der Waals surface area contributed by atoms with Crippen LogP contribution in [-0.2, 0) is 9.53 Å². The topological polar surface area (TPSA) is 98.8 Å². The van der Waals surface area contributed by atoms with Crippen LogP contribution in [0.1, 0.15) is 41.2 Å². The largest absolute Gasteiger partial charge is 0.483 e. The van der Waals surface area contributed by atoms with Gasteiger partial charge in [-0.25, -0.2) is 0 Å². The molecule has 2 aromatic rings. The number of hydrogen-bond donors (Lipinski definition) is 2. The second kappa shape index (κ2) is 7.89. The molecule has 8 heteroatoms. The van der Waals surface area contributed by atoms with Gasteiger partial charge in [0, 0.05) is 43.8 Å². The van der Waals surface area contributed by atoms with Gasteiger partial charge in [0.15, 0.2) is 5.69 Å². The number of ether oxygens (including phenoxy) is 1. The fourth-order valence-electron chi connectivity index (χ4n) is 4.73. The minimum Gasteiger partial charge on any atom is -0.483 e. The molecule has 0 spiro atoms. The molecule has 8 nitrogen and oxygen atoms in total. The number of H-pyrrole nitrogens is 1. The molecule has 0 aliphatic carbocycles. The standard InChI is InChI=1S/C19H24N4O2.CH2O2/c1-22-10-15-9-14(22)11-23(15)19(24)18-16-8-13(2-3-17(16)20-21-18)12-4-6-25-7-5-12;2-1-3/h2-3,8,12,14-15H,4-7,9-11H2,1H3,(H,20,21);1H,(H,2,3)/t14-,15-;/m0./s1. The van der Waals surface area contributed by atoms with E-state index in [-0.39, 0.29) is 12.4 Å². The summed E-state index contributed by atoms with van der Waals surface area (Å²) in [6.45, 7) is 3.20. The zero-order chi connectivity index (χ0) is 19.7. The molecule has 2 bridgehead atoms. The molecule has 3 saturated heterocycles. The Bertz CT molecular complexity index is 859. The Hall–Kier alpha value is -2.45. The van der Waals surface area contributed by atoms with Crippen LogP contribution in [0, 0.1) is 0 Å². The minimum atomic E-state index is -0.250. The predicted octanol–water partition coefficient (Wildman–Crippen LogP) is 1.69. The number of benzene rings is 1. The number of aromatic nitrogens is 2. The number of nitrogens with zero attached hydrogens (tertiary/aromatic N) is 3. The van der Waals surface area contributed by atoms with Crippen molar-refractivity contribution in [2.24, 2.45) is 0 Å². The Morgan fingerprint density at radius 2 is 2.04 bits per heavy atom. The monoisotopic (exact) mass is 386 g/mol. The number of hydrogen-bond acceptors (Lipinski definition) is 5. The van der Waals surface area contributed by atoms with Gasteiger partial charge < -0.3 is 14.7 Å². The van der Waals surface area contributed by atoms with Crippen molar-refractivity contribution in [2.45, 2.75) is 37.3 Å². The van der Waals surface area contributed by atoms with Crippen molar-refractivity contribution >= 4 is 23.3 Å². The summed E-state index contributed by atoms with van der Waals surface area (Å²) >= 11 is 0. The molecule has 2 atom stereocenters. The Balaban J connectivity index is 0.000000604. The first kappa shape index (κ1) is 18.9. The summed E-state index contributed by atoms with van der Waals surface area (Å²) in [6.07, 6.45) is 3.20. The van der Waals surface area contributed by atoms with Crippen LogP contribution in [0.5, 0.6) is 0 Å². The maximum atomic E-state index is 13.1. The summed E-state index contributed by atoms with van der Waals surface area (Å²) in [7, 11) is 2.15. The highest BCUT2D eigenvalue weighted by Gasteiger charge is 2.44. The summed E-state index contributed by atoms with van der Waals surface area (Å²) < 4.78 is 5.48. The average molecular weight is 386 g/mol. The van der Waals surface area contributed by atoms with Crippen molar-refractivity contribution in [1.29, 1.82) is 0 Å². The summed E-state index contributed by atoms with van der Waals surface area (Å²) in [6, 6.07) is 7.25. The molecule has 0 radical (unpaired) electrons. The maximum Gasteiger partial charge on any atom is 0.290 e. The minimum absolute atomic E-state index is 0.0796. The molecule has 3 fully saturated rings. The highest BCUT2D eigenvalue weighted by atomic mass is 16.5. The average Bonchev–Trinajstić information content (AvgIpc) is 3.41. The van der Waals surface area contributed by atoms with Gasteiger partial charge in [-0.3, -0.25) is 19.6 Å². The van der Waals surface area contributed by atoms with Gasteiger partial charge in [0.2, 0.25) is 0 Å². The van der Waals surface area contributed by atoms with E-state index in [2.05, 4.69) is 40.3 Å². The smallest absolute Gasteiger partial charge is 0.290 e. The van der Waals surface area contributed by atoms with Gasteiger partial charge in [-0.1, -0.05) is 6.07 Å². The molecule has 1 aromatic carbocycles. The van der Waals surface area contributed by atoms with E-state index >= 15 is 0 Å². The first-order valence-electron chi connectivity index (χ1n) is 9.77.